The lowest BCUT2D eigenvalue weighted by Gasteiger charge is -2.03. The van der Waals surface area contributed by atoms with Crippen LogP contribution in [-0.2, 0) is 16.1 Å². The molecule has 0 saturated heterocycles. The van der Waals surface area contributed by atoms with Gasteiger partial charge in [0.25, 0.3) is 0 Å². The number of hydrogen-bond acceptors (Lipinski definition) is 2. The first-order valence-electron chi connectivity index (χ1n) is 7.59. The van der Waals surface area contributed by atoms with Crippen molar-refractivity contribution in [3.63, 3.8) is 0 Å². The average molecular weight is 286 g/mol. The summed E-state index contributed by atoms with van der Waals surface area (Å²) in [6, 6.07) is 10.2. The Hall–Kier alpha value is -1.67. The monoisotopic (exact) mass is 286 g/mol. The van der Waals surface area contributed by atoms with Gasteiger partial charge in [-0.1, -0.05) is 53.6 Å². The van der Waals surface area contributed by atoms with Gasteiger partial charge in [-0.15, -0.1) is 0 Å². The predicted octanol–water partition coefficient (Wildman–Crippen LogP) is 4.86. The van der Waals surface area contributed by atoms with Crippen LogP contribution in [0.5, 0.6) is 0 Å². The highest BCUT2D eigenvalue weighted by Gasteiger charge is 1.93. The van der Waals surface area contributed by atoms with Gasteiger partial charge >= 0.3 is 0 Å². The third kappa shape index (κ3) is 8.98. The molecule has 2 nitrogen and oxygen atoms in total. The van der Waals surface area contributed by atoms with Gasteiger partial charge < -0.3 is 9.53 Å². The van der Waals surface area contributed by atoms with Crippen LogP contribution < -0.4 is 0 Å². The largest absolute Gasteiger partial charge is 0.373 e. The van der Waals surface area contributed by atoms with E-state index in [-0.39, 0.29) is 0 Å². The van der Waals surface area contributed by atoms with Gasteiger partial charge in [0.05, 0.1) is 13.2 Å². The first kappa shape index (κ1) is 17.4. The minimum Gasteiger partial charge on any atom is -0.373 e. The molecule has 0 heterocycles. The molecule has 0 aliphatic carbocycles. The fourth-order valence-corrected chi connectivity index (χ4v) is 1.99. The molecule has 21 heavy (non-hydrogen) atoms. The molecular formula is C19H26O2. The number of aldehydes is 1. The Kier molecular flexibility index (Phi) is 9.14. The normalized spacial score (nSPS) is 12.5. The third-order valence-electron chi connectivity index (χ3n) is 3.35. The van der Waals surface area contributed by atoms with E-state index < -0.39 is 0 Å². The summed E-state index contributed by atoms with van der Waals surface area (Å²) in [6.07, 6.45) is 8.95. The van der Waals surface area contributed by atoms with E-state index in [0.29, 0.717) is 19.6 Å². The fourth-order valence-electron chi connectivity index (χ4n) is 1.99. The molecule has 0 atom stereocenters. The highest BCUT2D eigenvalue weighted by Crippen LogP contribution is 2.10. The van der Waals surface area contributed by atoms with Crippen LogP contribution in [0.25, 0.3) is 0 Å². The third-order valence-corrected chi connectivity index (χ3v) is 3.35. The summed E-state index contributed by atoms with van der Waals surface area (Å²) in [7, 11) is 0. The van der Waals surface area contributed by atoms with Gasteiger partial charge in [-0.05, 0) is 38.7 Å². The minimum absolute atomic E-state index is 0.629. The van der Waals surface area contributed by atoms with E-state index in [2.05, 4.69) is 38.1 Å². The van der Waals surface area contributed by atoms with E-state index in [1.165, 1.54) is 16.7 Å². The maximum absolute atomic E-state index is 10.3. The molecule has 1 rings (SSSR count). The molecule has 2 heteroatoms. The van der Waals surface area contributed by atoms with E-state index >= 15 is 0 Å². The van der Waals surface area contributed by atoms with Gasteiger partial charge in [-0.2, -0.15) is 0 Å². The molecule has 0 unspecified atom stereocenters. The van der Waals surface area contributed by atoms with Crippen molar-refractivity contribution >= 4 is 6.29 Å². The average Bonchev–Trinajstić information content (AvgIpc) is 2.50. The highest BCUT2D eigenvalue weighted by atomic mass is 16.5. The zero-order chi connectivity index (χ0) is 15.3. The number of rotatable bonds is 10. The Morgan fingerprint density at radius 3 is 2.38 bits per heavy atom. The quantitative estimate of drug-likeness (QED) is 0.349. The van der Waals surface area contributed by atoms with Crippen LogP contribution >= 0.6 is 0 Å². The Bertz CT molecular complexity index is 458. The van der Waals surface area contributed by atoms with Crippen molar-refractivity contribution in [2.24, 2.45) is 0 Å². The smallest absolute Gasteiger partial charge is 0.120 e. The number of carbonyl (C=O) groups excluding carboxylic acids is 1. The molecule has 0 N–H and O–H groups in total. The van der Waals surface area contributed by atoms with Crippen molar-refractivity contribution in [1.82, 2.24) is 0 Å². The van der Waals surface area contributed by atoms with Crippen molar-refractivity contribution in [1.29, 1.82) is 0 Å². The topological polar surface area (TPSA) is 26.3 Å². The lowest BCUT2D eigenvalue weighted by molar-refractivity contribution is -0.107. The summed E-state index contributed by atoms with van der Waals surface area (Å²) >= 11 is 0. The SMILES string of the molecule is C/C(=C\CC/C(C)=C/COCc1ccccc1)CCC=O. The van der Waals surface area contributed by atoms with Gasteiger partial charge in [0.1, 0.15) is 6.29 Å². The Morgan fingerprint density at radius 2 is 1.67 bits per heavy atom. The van der Waals surface area contributed by atoms with Gasteiger partial charge in [0.2, 0.25) is 0 Å². The van der Waals surface area contributed by atoms with E-state index in [1.54, 1.807) is 0 Å². The van der Waals surface area contributed by atoms with Crippen molar-refractivity contribution in [3.05, 3.63) is 59.2 Å². The summed E-state index contributed by atoms with van der Waals surface area (Å²) in [4.78, 5) is 10.3. The molecule has 1 aromatic carbocycles. The lowest BCUT2D eigenvalue weighted by atomic mass is 10.1. The summed E-state index contributed by atoms with van der Waals surface area (Å²) in [6.45, 7) is 5.55. The zero-order valence-corrected chi connectivity index (χ0v) is 13.2. The molecule has 0 amide bonds. The van der Waals surface area contributed by atoms with Crippen LogP contribution in [0.15, 0.2) is 53.6 Å². The highest BCUT2D eigenvalue weighted by molar-refractivity contribution is 5.49. The Morgan fingerprint density at radius 1 is 1.00 bits per heavy atom. The minimum atomic E-state index is 0.629. The lowest BCUT2D eigenvalue weighted by Crippen LogP contribution is -1.93. The van der Waals surface area contributed by atoms with Crippen molar-refractivity contribution in [2.75, 3.05) is 6.61 Å². The second-order valence-corrected chi connectivity index (χ2v) is 5.35. The van der Waals surface area contributed by atoms with Crippen LogP contribution in [0.4, 0.5) is 0 Å². The van der Waals surface area contributed by atoms with Gasteiger partial charge in [0.15, 0.2) is 0 Å². The number of ether oxygens (including phenoxy) is 1. The Labute approximate surface area is 128 Å². The van der Waals surface area contributed by atoms with Crippen LogP contribution in [0.1, 0.15) is 45.1 Å². The molecule has 0 aliphatic rings. The number of carbonyl (C=O) groups is 1. The fraction of sp³-hybridized carbons (Fsp3) is 0.421. The summed E-state index contributed by atoms with van der Waals surface area (Å²) in [5, 5.41) is 0. The zero-order valence-electron chi connectivity index (χ0n) is 13.2. The molecule has 0 saturated carbocycles. The first-order valence-corrected chi connectivity index (χ1v) is 7.59. The Balaban J connectivity index is 2.17. The van der Waals surface area contributed by atoms with Crippen molar-refractivity contribution in [3.8, 4) is 0 Å². The summed E-state index contributed by atoms with van der Waals surface area (Å²) in [5.74, 6) is 0. The molecular weight excluding hydrogens is 260 g/mol. The van der Waals surface area contributed by atoms with E-state index in [4.69, 9.17) is 4.74 Å². The summed E-state index contributed by atoms with van der Waals surface area (Å²) < 4.78 is 5.64. The van der Waals surface area contributed by atoms with Crippen molar-refractivity contribution in [2.45, 2.75) is 46.1 Å². The van der Waals surface area contributed by atoms with E-state index in [0.717, 1.165) is 25.5 Å². The van der Waals surface area contributed by atoms with Crippen LogP contribution in [0, 0.1) is 0 Å². The first-order chi connectivity index (χ1) is 10.2. The van der Waals surface area contributed by atoms with Crippen molar-refractivity contribution < 1.29 is 9.53 Å². The molecule has 0 aliphatic heterocycles. The van der Waals surface area contributed by atoms with E-state index in [1.807, 2.05) is 18.2 Å². The predicted molar refractivity (Wildman–Crippen MR) is 88.1 cm³/mol. The molecule has 1 aromatic rings. The molecule has 0 radical (unpaired) electrons. The second-order valence-electron chi connectivity index (χ2n) is 5.35. The molecule has 0 spiro atoms. The van der Waals surface area contributed by atoms with Gasteiger partial charge in [0, 0.05) is 6.42 Å². The van der Waals surface area contributed by atoms with Gasteiger partial charge in [-0.3, -0.25) is 0 Å². The summed E-state index contributed by atoms with van der Waals surface area (Å²) in [5.41, 5.74) is 3.86. The number of hydrogen-bond donors (Lipinski definition) is 0. The molecule has 0 fully saturated rings. The standard InChI is InChI=1S/C19H26O2/c1-17(10-7-14-20)8-6-9-18(2)13-15-21-16-19-11-4-3-5-12-19/h3-5,8,11-14H,6-7,9-10,15-16H2,1-2H3/b17-8+,18-13+. The molecule has 0 bridgehead atoms. The maximum Gasteiger partial charge on any atom is 0.120 e. The van der Waals surface area contributed by atoms with Crippen LogP contribution in [-0.4, -0.2) is 12.9 Å². The number of allylic oxidation sites excluding steroid dienone is 3. The number of benzene rings is 1. The van der Waals surface area contributed by atoms with Crippen LogP contribution in [0.3, 0.4) is 0 Å². The van der Waals surface area contributed by atoms with E-state index in [9.17, 15) is 4.79 Å². The maximum atomic E-state index is 10.3. The molecule has 0 aromatic heterocycles. The van der Waals surface area contributed by atoms with Gasteiger partial charge in [-0.25, -0.2) is 0 Å². The molecule has 114 valence electrons. The van der Waals surface area contributed by atoms with Crippen LogP contribution in [0.2, 0.25) is 0 Å². The second kappa shape index (κ2) is 11.0.